The Balaban J connectivity index is 2.28. The van der Waals surface area contributed by atoms with Gasteiger partial charge in [-0.1, -0.05) is 23.2 Å². The Morgan fingerprint density at radius 2 is 1.65 bits per heavy atom. The summed E-state index contributed by atoms with van der Waals surface area (Å²) in [7, 11) is 3.56. The lowest BCUT2D eigenvalue weighted by molar-refractivity contribution is -0.130. The molecule has 1 fully saturated rings. The predicted octanol–water partition coefficient (Wildman–Crippen LogP) is 1.01. The van der Waals surface area contributed by atoms with Gasteiger partial charge < -0.3 is 4.90 Å². The van der Waals surface area contributed by atoms with Gasteiger partial charge in [-0.25, -0.2) is 0 Å². The van der Waals surface area contributed by atoms with Crippen molar-refractivity contribution in [3.8, 4) is 0 Å². The maximum absolute atomic E-state index is 11.5. The summed E-state index contributed by atoms with van der Waals surface area (Å²) >= 11 is 11.4. The molecule has 0 aromatic heterocycles. The van der Waals surface area contributed by atoms with E-state index in [1.165, 1.54) is 5.54 Å². The Bertz CT molecular complexity index is 286. The smallest absolute Gasteiger partial charge is 0.236 e. The highest BCUT2D eigenvalue weighted by atomic mass is 35.5. The van der Waals surface area contributed by atoms with Gasteiger partial charge in [-0.05, 0) is 0 Å². The number of amides is 1. The van der Waals surface area contributed by atoms with Crippen molar-refractivity contribution in [3.05, 3.63) is 10.6 Å². The fourth-order valence-electron chi connectivity index (χ4n) is 1.69. The van der Waals surface area contributed by atoms with E-state index >= 15 is 0 Å². The van der Waals surface area contributed by atoms with E-state index in [1.54, 1.807) is 19.0 Å². The van der Waals surface area contributed by atoms with Crippen LogP contribution in [0.5, 0.6) is 0 Å². The summed E-state index contributed by atoms with van der Waals surface area (Å²) in [4.78, 5) is 17.6. The van der Waals surface area contributed by atoms with Crippen molar-refractivity contribution >= 4 is 29.1 Å². The molecule has 1 aliphatic heterocycles. The molecule has 1 rings (SSSR count). The Morgan fingerprint density at radius 3 is 2.06 bits per heavy atom. The van der Waals surface area contributed by atoms with Gasteiger partial charge in [0.2, 0.25) is 5.91 Å². The first-order valence-electron chi connectivity index (χ1n) is 5.62. The maximum atomic E-state index is 11.5. The minimum Gasteiger partial charge on any atom is -0.348 e. The molecule has 0 bridgehead atoms. The zero-order valence-corrected chi connectivity index (χ0v) is 11.8. The number of hydrogen-bond acceptors (Lipinski definition) is 3. The van der Waals surface area contributed by atoms with E-state index in [9.17, 15) is 4.79 Å². The number of nitrogens with zero attached hydrogens (tertiary/aromatic N) is 3. The fourth-order valence-corrected chi connectivity index (χ4v) is 1.92. The van der Waals surface area contributed by atoms with Crippen LogP contribution in [-0.4, -0.2) is 74.0 Å². The van der Waals surface area contributed by atoms with Gasteiger partial charge in [0.05, 0.1) is 6.54 Å². The van der Waals surface area contributed by atoms with Gasteiger partial charge in [-0.2, -0.15) is 0 Å². The molecule has 1 heterocycles. The van der Waals surface area contributed by atoms with E-state index < -0.39 is 0 Å². The monoisotopic (exact) mass is 279 g/mol. The van der Waals surface area contributed by atoms with Crippen molar-refractivity contribution in [1.82, 2.24) is 14.7 Å². The van der Waals surface area contributed by atoms with Gasteiger partial charge in [0.25, 0.3) is 0 Å². The number of halogens is 2. The highest BCUT2D eigenvalue weighted by Gasteiger charge is 2.19. The summed E-state index contributed by atoms with van der Waals surface area (Å²) in [5.74, 6) is 0.150. The van der Waals surface area contributed by atoms with Crippen LogP contribution in [0.1, 0.15) is 0 Å². The number of rotatable bonds is 4. The fraction of sp³-hybridized carbons (Fsp3) is 0.727. The van der Waals surface area contributed by atoms with E-state index in [0.717, 1.165) is 26.2 Å². The predicted molar refractivity (Wildman–Crippen MR) is 71.4 cm³/mol. The molecule has 1 aliphatic rings. The van der Waals surface area contributed by atoms with E-state index in [2.05, 4.69) is 9.80 Å². The van der Waals surface area contributed by atoms with E-state index in [-0.39, 0.29) is 5.91 Å². The van der Waals surface area contributed by atoms with Gasteiger partial charge in [0.1, 0.15) is 0 Å². The molecule has 0 aromatic carbocycles. The van der Waals surface area contributed by atoms with Crippen molar-refractivity contribution in [2.45, 2.75) is 0 Å². The topological polar surface area (TPSA) is 26.8 Å². The van der Waals surface area contributed by atoms with Crippen LogP contribution in [0.15, 0.2) is 10.6 Å². The normalized spacial score (nSPS) is 19.4. The van der Waals surface area contributed by atoms with Crippen LogP contribution in [0, 0.1) is 0 Å². The van der Waals surface area contributed by atoms with Gasteiger partial charge in [-0.15, -0.1) is 0 Å². The van der Waals surface area contributed by atoms with E-state index in [4.69, 9.17) is 23.2 Å². The highest BCUT2D eigenvalue weighted by molar-refractivity contribution is 6.36. The number of carbonyl (C=O) groups excluding carboxylic acids is 1. The second kappa shape index (κ2) is 7.21. The zero-order chi connectivity index (χ0) is 12.8. The molecule has 0 N–H and O–H groups in total. The molecule has 6 heteroatoms. The molecule has 0 unspecified atom stereocenters. The van der Waals surface area contributed by atoms with E-state index in [0.29, 0.717) is 18.1 Å². The van der Waals surface area contributed by atoms with Gasteiger partial charge in [-0.3, -0.25) is 14.6 Å². The minimum atomic E-state index is 0.150. The average molecular weight is 280 g/mol. The van der Waals surface area contributed by atoms with Crippen molar-refractivity contribution in [1.29, 1.82) is 0 Å². The SMILES string of the molecule is CN(C)C(=O)CN1CCN(CC(Cl)=CCl)CC1. The molecule has 1 amide bonds. The van der Waals surface area contributed by atoms with Crippen LogP contribution in [0.2, 0.25) is 0 Å². The molecular formula is C11H19Cl2N3O. The standard InChI is InChI=1S/C11H19Cl2N3O/c1-14(2)11(17)9-16-5-3-15(4-6-16)8-10(13)7-12/h7H,3-6,8-9H2,1-2H3. The average Bonchev–Trinajstić information content (AvgIpc) is 2.31. The molecular weight excluding hydrogens is 261 g/mol. The van der Waals surface area contributed by atoms with Gasteiger partial charge >= 0.3 is 0 Å². The highest BCUT2D eigenvalue weighted by Crippen LogP contribution is 2.09. The van der Waals surface area contributed by atoms with Crippen molar-refractivity contribution in [2.24, 2.45) is 0 Å². The first-order chi connectivity index (χ1) is 8.02. The molecule has 17 heavy (non-hydrogen) atoms. The molecule has 1 saturated heterocycles. The Hall–Kier alpha value is -0.290. The molecule has 0 aliphatic carbocycles. The quantitative estimate of drug-likeness (QED) is 0.769. The molecule has 0 atom stereocenters. The van der Waals surface area contributed by atoms with Crippen molar-refractivity contribution < 1.29 is 4.79 Å². The summed E-state index contributed by atoms with van der Waals surface area (Å²) in [5.41, 5.74) is 1.41. The first kappa shape index (κ1) is 14.8. The summed E-state index contributed by atoms with van der Waals surface area (Å²) in [6, 6.07) is 0. The largest absolute Gasteiger partial charge is 0.348 e. The molecule has 0 aromatic rings. The van der Waals surface area contributed by atoms with E-state index in [1.807, 2.05) is 0 Å². The molecule has 4 nitrogen and oxygen atoms in total. The number of carbonyl (C=O) groups is 1. The minimum absolute atomic E-state index is 0.150. The zero-order valence-electron chi connectivity index (χ0n) is 10.3. The second-order valence-corrected chi connectivity index (χ2v) is 5.10. The Labute approximate surface area is 113 Å². The first-order valence-corrected chi connectivity index (χ1v) is 6.44. The van der Waals surface area contributed by atoms with Crippen molar-refractivity contribution in [2.75, 3.05) is 53.4 Å². The molecule has 98 valence electrons. The maximum Gasteiger partial charge on any atom is 0.236 e. The molecule has 0 saturated carbocycles. The summed E-state index contributed by atoms with van der Waals surface area (Å²) < 4.78 is 0. The van der Waals surface area contributed by atoms with Crippen LogP contribution in [0.4, 0.5) is 0 Å². The lowest BCUT2D eigenvalue weighted by atomic mass is 10.3. The third-order valence-electron chi connectivity index (χ3n) is 2.82. The number of piperazine rings is 1. The van der Waals surface area contributed by atoms with Crippen LogP contribution in [-0.2, 0) is 4.79 Å². The summed E-state index contributed by atoms with van der Waals surface area (Å²) in [5, 5.41) is 0.657. The van der Waals surface area contributed by atoms with Gasteiger partial charge in [0, 0.05) is 57.4 Å². The van der Waals surface area contributed by atoms with Gasteiger partial charge in [0.15, 0.2) is 0 Å². The lowest BCUT2D eigenvalue weighted by Crippen LogP contribution is -2.49. The van der Waals surface area contributed by atoms with Crippen LogP contribution in [0.25, 0.3) is 0 Å². The Kier molecular flexibility index (Phi) is 6.27. The second-order valence-electron chi connectivity index (χ2n) is 4.40. The van der Waals surface area contributed by atoms with Crippen molar-refractivity contribution in [3.63, 3.8) is 0 Å². The Morgan fingerprint density at radius 1 is 1.18 bits per heavy atom. The molecule has 0 spiro atoms. The summed E-state index contributed by atoms with van der Waals surface area (Å²) in [6.45, 7) is 4.82. The van der Waals surface area contributed by atoms with Crippen LogP contribution >= 0.6 is 23.2 Å². The molecule has 0 radical (unpaired) electrons. The lowest BCUT2D eigenvalue weighted by Gasteiger charge is -2.34. The number of likely N-dealkylation sites (N-methyl/N-ethyl adjacent to an activating group) is 1. The third-order valence-corrected chi connectivity index (χ3v) is 3.42. The van der Waals surface area contributed by atoms with Crippen LogP contribution < -0.4 is 0 Å². The van der Waals surface area contributed by atoms with Crippen LogP contribution in [0.3, 0.4) is 0 Å². The summed E-state index contributed by atoms with van der Waals surface area (Å²) in [6.07, 6.45) is 0. The third kappa shape index (κ3) is 5.25. The number of hydrogen-bond donors (Lipinski definition) is 0.